The summed E-state index contributed by atoms with van der Waals surface area (Å²) in [6.07, 6.45) is 1.29. The summed E-state index contributed by atoms with van der Waals surface area (Å²) in [5, 5.41) is 9.70. The fourth-order valence-corrected chi connectivity index (χ4v) is 3.64. The van der Waals surface area contributed by atoms with Crippen molar-refractivity contribution in [2.75, 3.05) is 19.0 Å². The summed E-state index contributed by atoms with van der Waals surface area (Å²) in [5.41, 5.74) is 5.99. The molecule has 0 radical (unpaired) electrons. The minimum absolute atomic E-state index is 0.153. The van der Waals surface area contributed by atoms with Crippen molar-refractivity contribution in [1.29, 1.82) is 0 Å². The van der Waals surface area contributed by atoms with Gasteiger partial charge in [-0.05, 0) is 54.8 Å². The number of carbonyl (C=O) groups excluding carboxylic acids is 3. The third-order valence-corrected chi connectivity index (χ3v) is 5.75. The number of nitrogens with zero attached hydrogens (tertiary/aromatic N) is 1. The third-order valence-electron chi connectivity index (χ3n) is 5.23. The molecule has 9 nitrogen and oxygen atoms in total. The van der Waals surface area contributed by atoms with Crippen molar-refractivity contribution in [3.63, 3.8) is 0 Å². The summed E-state index contributed by atoms with van der Waals surface area (Å²) in [6.45, 7) is 3.68. The van der Waals surface area contributed by atoms with Crippen LogP contribution in [0.25, 0.3) is 0 Å². The number of benzene rings is 3. The second-order valence-electron chi connectivity index (χ2n) is 8.20. The number of aryl methyl sites for hydroxylation is 2. The van der Waals surface area contributed by atoms with Gasteiger partial charge in [0.25, 0.3) is 5.91 Å². The summed E-state index contributed by atoms with van der Waals surface area (Å²) in [7, 11) is 1.41. The summed E-state index contributed by atoms with van der Waals surface area (Å²) in [6, 6.07) is 15.8. The van der Waals surface area contributed by atoms with Crippen LogP contribution < -0.4 is 25.5 Å². The molecule has 0 aromatic heterocycles. The molecule has 198 valence electrons. The first-order valence-electron chi connectivity index (χ1n) is 11.4. The predicted molar refractivity (Wildman–Crippen MR) is 147 cm³/mol. The van der Waals surface area contributed by atoms with E-state index in [2.05, 4.69) is 21.2 Å². The van der Waals surface area contributed by atoms with E-state index in [1.807, 2.05) is 38.1 Å². The number of ether oxygens (including phenoxy) is 2. The lowest BCUT2D eigenvalue weighted by Crippen LogP contribution is -2.37. The van der Waals surface area contributed by atoms with E-state index in [1.165, 1.54) is 19.4 Å². The van der Waals surface area contributed by atoms with Crippen LogP contribution in [0.3, 0.4) is 0 Å². The van der Waals surface area contributed by atoms with Crippen LogP contribution in [0.2, 0.25) is 10.0 Å². The molecule has 0 saturated heterocycles. The molecule has 0 spiro atoms. The monoisotopic (exact) mass is 556 g/mol. The van der Waals surface area contributed by atoms with Gasteiger partial charge in [0.1, 0.15) is 0 Å². The predicted octanol–water partition coefficient (Wildman–Crippen LogP) is 4.40. The zero-order valence-corrected chi connectivity index (χ0v) is 22.4. The smallest absolute Gasteiger partial charge is 0.329 e. The maximum absolute atomic E-state index is 12.4. The Labute approximate surface area is 230 Å². The number of amides is 3. The minimum atomic E-state index is -0.924. The lowest BCUT2D eigenvalue weighted by atomic mass is 10.1. The average molecular weight is 557 g/mol. The Bertz CT molecular complexity index is 1360. The first-order chi connectivity index (χ1) is 18.2. The van der Waals surface area contributed by atoms with E-state index >= 15 is 0 Å². The second kappa shape index (κ2) is 13.5. The van der Waals surface area contributed by atoms with E-state index in [0.29, 0.717) is 16.3 Å². The standard InChI is InChI=1S/C27H26Cl2N4O5/c1-16-4-7-18(8-5-16)13-30-26(35)27(36)33-31-14-19-10-21(29)25(23(11-19)37-3)38-15-24(34)32-22-12-20(28)9-6-17(22)2/h4-12,14H,13,15H2,1-3H3,(H,30,35)(H,32,34)(H,33,36)/b31-14-. The van der Waals surface area contributed by atoms with Crippen molar-refractivity contribution in [1.82, 2.24) is 10.7 Å². The number of rotatable bonds is 9. The number of hydrazone groups is 1. The molecule has 0 atom stereocenters. The maximum atomic E-state index is 12.4. The Hall–Kier alpha value is -4.08. The lowest BCUT2D eigenvalue weighted by molar-refractivity contribution is -0.139. The molecular weight excluding hydrogens is 531 g/mol. The van der Waals surface area contributed by atoms with Crippen LogP contribution in [0, 0.1) is 13.8 Å². The van der Waals surface area contributed by atoms with Crippen LogP contribution in [0.5, 0.6) is 11.5 Å². The Morgan fingerprint density at radius 3 is 2.42 bits per heavy atom. The lowest BCUT2D eigenvalue weighted by Gasteiger charge is -2.14. The van der Waals surface area contributed by atoms with E-state index in [1.54, 1.807) is 24.3 Å². The van der Waals surface area contributed by atoms with E-state index in [9.17, 15) is 14.4 Å². The van der Waals surface area contributed by atoms with Gasteiger partial charge in [0.15, 0.2) is 18.1 Å². The fraction of sp³-hybridized carbons (Fsp3) is 0.185. The van der Waals surface area contributed by atoms with Crippen LogP contribution in [0.1, 0.15) is 22.3 Å². The van der Waals surface area contributed by atoms with Crippen molar-refractivity contribution in [2.24, 2.45) is 5.10 Å². The van der Waals surface area contributed by atoms with E-state index in [-0.39, 0.29) is 29.7 Å². The molecule has 3 aromatic rings. The SMILES string of the molecule is COc1cc(/C=N\NC(=O)C(=O)NCc2ccc(C)cc2)cc(Cl)c1OCC(=O)Nc1cc(Cl)ccc1C. The normalized spacial score (nSPS) is 10.7. The quantitative estimate of drug-likeness (QED) is 0.205. The van der Waals surface area contributed by atoms with E-state index in [4.69, 9.17) is 32.7 Å². The Morgan fingerprint density at radius 1 is 0.974 bits per heavy atom. The van der Waals surface area contributed by atoms with Gasteiger partial charge in [-0.3, -0.25) is 14.4 Å². The number of nitrogens with one attached hydrogen (secondary N) is 3. The summed E-state index contributed by atoms with van der Waals surface area (Å²) < 4.78 is 10.9. The number of methoxy groups -OCH3 is 1. The molecule has 0 saturated carbocycles. The topological polar surface area (TPSA) is 118 Å². The van der Waals surface area contributed by atoms with Gasteiger partial charge in [0.2, 0.25) is 0 Å². The van der Waals surface area contributed by atoms with Gasteiger partial charge in [0, 0.05) is 17.3 Å². The van der Waals surface area contributed by atoms with Crippen molar-refractivity contribution in [2.45, 2.75) is 20.4 Å². The number of hydrogen-bond donors (Lipinski definition) is 3. The molecule has 3 aromatic carbocycles. The van der Waals surface area contributed by atoms with Crippen molar-refractivity contribution in [3.8, 4) is 11.5 Å². The van der Waals surface area contributed by atoms with Gasteiger partial charge in [-0.2, -0.15) is 5.10 Å². The number of hydrogen-bond acceptors (Lipinski definition) is 6. The third kappa shape index (κ3) is 8.22. The van der Waals surface area contributed by atoms with Gasteiger partial charge in [-0.15, -0.1) is 0 Å². The molecule has 0 aliphatic heterocycles. The summed E-state index contributed by atoms with van der Waals surface area (Å²) in [4.78, 5) is 36.4. The zero-order valence-electron chi connectivity index (χ0n) is 20.9. The number of carbonyl (C=O) groups is 3. The highest BCUT2D eigenvalue weighted by Gasteiger charge is 2.15. The zero-order chi connectivity index (χ0) is 27.7. The largest absolute Gasteiger partial charge is 0.493 e. The van der Waals surface area contributed by atoms with Gasteiger partial charge >= 0.3 is 11.8 Å². The summed E-state index contributed by atoms with van der Waals surface area (Å²) >= 11 is 12.3. The highest BCUT2D eigenvalue weighted by Crippen LogP contribution is 2.36. The Balaban J connectivity index is 1.55. The molecule has 0 aliphatic carbocycles. The number of halogens is 2. The molecule has 0 heterocycles. The molecule has 3 amide bonds. The highest BCUT2D eigenvalue weighted by molar-refractivity contribution is 6.35. The molecule has 0 fully saturated rings. The molecule has 3 N–H and O–H groups in total. The highest BCUT2D eigenvalue weighted by atomic mass is 35.5. The van der Waals surface area contributed by atoms with Gasteiger partial charge in [0.05, 0.1) is 18.3 Å². The molecule has 3 rings (SSSR count). The fourth-order valence-electron chi connectivity index (χ4n) is 3.19. The Kier molecular flexibility index (Phi) is 10.1. The molecular formula is C27H26Cl2N4O5. The van der Waals surface area contributed by atoms with E-state index < -0.39 is 17.7 Å². The van der Waals surface area contributed by atoms with Crippen molar-refractivity contribution in [3.05, 3.63) is 86.9 Å². The van der Waals surface area contributed by atoms with Gasteiger partial charge in [-0.1, -0.05) is 59.1 Å². The van der Waals surface area contributed by atoms with Crippen LogP contribution in [0.4, 0.5) is 5.69 Å². The first-order valence-corrected chi connectivity index (χ1v) is 12.1. The molecule has 11 heteroatoms. The molecule has 0 aliphatic rings. The molecule has 0 bridgehead atoms. The number of anilines is 1. The van der Waals surface area contributed by atoms with Gasteiger partial charge in [-0.25, -0.2) is 5.43 Å². The van der Waals surface area contributed by atoms with E-state index in [0.717, 1.165) is 16.7 Å². The van der Waals surface area contributed by atoms with Gasteiger partial charge < -0.3 is 20.1 Å². The Morgan fingerprint density at radius 2 is 1.71 bits per heavy atom. The second-order valence-corrected chi connectivity index (χ2v) is 9.04. The average Bonchev–Trinajstić information content (AvgIpc) is 2.89. The van der Waals surface area contributed by atoms with Crippen molar-refractivity contribution >= 4 is 52.8 Å². The van der Waals surface area contributed by atoms with Crippen LogP contribution in [-0.2, 0) is 20.9 Å². The van der Waals surface area contributed by atoms with Crippen LogP contribution in [0.15, 0.2) is 59.7 Å². The first kappa shape index (κ1) is 28.5. The van der Waals surface area contributed by atoms with Crippen molar-refractivity contribution < 1.29 is 23.9 Å². The van der Waals surface area contributed by atoms with Crippen LogP contribution in [-0.4, -0.2) is 37.7 Å². The summed E-state index contributed by atoms with van der Waals surface area (Å²) in [5.74, 6) is -1.76. The maximum Gasteiger partial charge on any atom is 0.329 e. The molecule has 38 heavy (non-hydrogen) atoms. The minimum Gasteiger partial charge on any atom is -0.493 e. The molecule has 0 unspecified atom stereocenters. The van der Waals surface area contributed by atoms with Crippen LogP contribution >= 0.6 is 23.2 Å².